The topological polar surface area (TPSA) is 80.8 Å². The lowest BCUT2D eigenvalue weighted by Gasteiger charge is -2.32. The summed E-state index contributed by atoms with van der Waals surface area (Å²) in [4.78, 5) is 27.7. The molecule has 0 spiro atoms. The van der Waals surface area contributed by atoms with Crippen molar-refractivity contribution >= 4 is 27.4 Å². The van der Waals surface area contributed by atoms with Gasteiger partial charge in [0.15, 0.2) is 9.84 Å². The maximum absolute atomic E-state index is 13.5. The molecule has 1 aliphatic heterocycles. The highest BCUT2D eigenvalue weighted by molar-refractivity contribution is 7.91. The van der Waals surface area contributed by atoms with Crippen LogP contribution in [0.25, 0.3) is 0 Å². The number of ether oxygens (including phenoxy) is 1. The Labute approximate surface area is 187 Å². The molecule has 0 aliphatic carbocycles. The number of carbonyl (C=O) groups is 2. The second-order valence-corrected chi connectivity index (χ2v) is 9.99. The zero-order valence-electron chi connectivity index (χ0n) is 17.5. The Bertz CT molecular complexity index is 1230. The number of sulfone groups is 1. The molecule has 1 saturated heterocycles. The lowest BCUT2D eigenvalue weighted by Crippen LogP contribution is -2.48. The monoisotopic (exact) mass is 449 g/mol. The van der Waals surface area contributed by atoms with Gasteiger partial charge in [0.25, 0.3) is 5.91 Å². The van der Waals surface area contributed by atoms with Gasteiger partial charge in [-0.25, -0.2) is 13.2 Å². The SMILES string of the molecule is Cc1cccc(N(C(=O)c2ccccc2)C2CS(=O)(=O)CC2OC(=O)c2ccccc2)c1. The van der Waals surface area contributed by atoms with Gasteiger partial charge in [-0.1, -0.05) is 48.5 Å². The van der Waals surface area contributed by atoms with Crippen molar-refractivity contribution < 1.29 is 22.7 Å². The van der Waals surface area contributed by atoms with Crippen LogP contribution in [-0.2, 0) is 14.6 Å². The van der Waals surface area contributed by atoms with Crippen LogP contribution >= 0.6 is 0 Å². The molecule has 7 heteroatoms. The van der Waals surface area contributed by atoms with Crippen LogP contribution in [0, 0.1) is 6.92 Å². The van der Waals surface area contributed by atoms with E-state index in [0.29, 0.717) is 16.8 Å². The summed E-state index contributed by atoms with van der Waals surface area (Å²) in [7, 11) is -3.52. The molecular weight excluding hydrogens is 426 g/mol. The molecule has 2 unspecified atom stereocenters. The van der Waals surface area contributed by atoms with E-state index in [4.69, 9.17) is 4.74 Å². The van der Waals surface area contributed by atoms with Crippen molar-refractivity contribution in [3.63, 3.8) is 0 Å². The van der Waals surface area contributed by atoms with E-state index in [1.807, 2.05) is 25.1 Å². The lowest BCUT2D eigenvalue weighted by molar-refractivity contribution is 0.0314. The molecule has 0 radical (unpaired) electrons. The van der Waals surface area contributed by atoms with E-state index in [9.17, 15) is 18.0 Å². The predicted molar refractivity (Wildman–Crippen MR) is 123 cm³/mol. The molecule has 0 bridgehead atoms. The van der Waals surface area contributed by atoms with E-state index in [2.05, 4.69) is 0 Å². The zero-order chi connectivity index (χ0) is 22.7. The van der Waals surface area contributed by atoms with Gasteiger partial charge in [0, 0.05) is 11.3 Å². The highest BCUT2D eigenvalue weighted by atomic mass is 32.2. The van der Waals surface area contributed by atoms with E-state index >= 15 is 0 Å². The average Bonchev–Trinajstić information content (AvgIpc) is 3.08. The number of hydrogen-bond donors (Lipinski definition) is 0. The fraction of sp³-hybridized carbons (Fsp3) is 0.200. The summed E-state index contributed by atoms with van der Waals surface area (Å²) in [6.07, 6.45) is -0.985. The summed E-state index contributed by atoms with van der Waals surface area (Å²) in [5.74, 6) is -1.58. The molecular formula is C25H23NO5S. The zero-order valence-corrected chi connectivity index (χ0v) is 18.4. The molecule has 0 saturated carbocycles. The molecule has 32 heavy (non-hydrogen) atoms. The van der Waals surface area contributed by atoms with Gasteiger partial charge < -0.3 is 9.64 Å². The van der Waals surface area contributed by atoms with Crippen molar-refractivity contribution in [3.8, 4) is 0 Å². The smallest absolute Gasteiger partial charge is 0.338 e. The molecule has 3 aromatic rings. The van der Waals surface area contributed by atoms with Gasteiger partial charge in [0.2, 0.25) is 0 Å². The second kappa shape index (κ2) is 8.96. The van der Waals surface area contributed by atoms with Crippen molar-refractivity contribution in [1.82, 2.24) is 0 Å². The number of nitrogens with zero attached hydrogens (tertiary/aromatic N) is 1. The average molecular weight is 450 g/mol. The van der Waals surface area contributed by atoms with Gasteiger partial charge in [-0.05, 0) is 48.9 Å². The number of carbonyl (C=O) groups excluding carboxylic acids is 2. The molecule has 3 aromatic carbocycles. The largest absolute Gasteiger partial charge is 0.455 e. The summed E-state index contributed by atoms with van der Waals surface area (Å²) in [6.45, 7) is 1.90. The third-order valence-corrected chi connectivity index (χ3v) is 7.08. The number of amides is 1. The summed E-state index contributed by atoms with van der Waals surface area (Å²) >= 11 is 0. The molecule has 4 rings (SSSR count). The van der Waals surface area contributed by atoms with Crippen LogP contribution in [0.3, 0.4) is 0 Å². The van der Waals surface area contributed by atoms with Crippen molar-refractivity contribution in [2.75, 3.05) is 16.4 Å². The molecule has 1 fully saturated rings. The van der Waals surface area contributed by atoms with Crippen LogP contribution in [0.4, 0.5) is 5.69 Å². The number of benzene rings is 3. The maximum Gasteiger partial charge on any atom is 0.338 e. The molecule has 1 amide bonds. The van der Waals surface area contributed by atoms with Gasteiger partial charge in [-0.3, -0.25) is 4.79 Å². The first-order valence-electron chi connectivity index (χ1n) is 10.3. The van der Waals surface area contributed by atoms with Crippen LogP contribution in [0.15, 0.2) is 84.9 Å². The van der Waals surface area contributed by atoms with Gasteiger partial charge in [-0.2, -0.15) is 0 Å². The third-order valence-electron chi connectivity index (χ3n) is 5.39. The number of esters is 1. The van der Waals surface area contributed by atoms with Crippen LogP contribution in [-0.4, -0.2) is 43.9 Å². The molecule has 6 nitrogen and oxygen atoms in total. The quantitative estimate of drug-likeness (QED) is 0.556. The number of rotatable bonds is 5. The molecule has 164 valence electrons. The van der Waals surface area contributed by atoms with Crippen molar-refractivity contribution in [3.05, 3.63) is 102 Å². The van der Waals surface area contributed by atoms with Crippen molar-refractivity contribution in [1.29, 1.82) is 0 Å². The first kappa shape index (κ1) is 21.8. The van der Waals surface area contributed by atoms with Gasteiger partial charge in [-0.15, -0.1) is 0 Å². The number of anilines is 1. The normalized spacial score (nSPS) is 19.3. The first-order valence-corrected chi connectivity index (χ1v) is 12.1. The number of hydrogen-bond acceptors (Lipinski definition) is 5. The van der Waals surface area contributed by atoms with Crippen molar-refractivity contribution in [2.24, 2.45) is 0 Å². The fourth-order valence-electron chi connectivity index (χ4n) is 3.89. The minimum Gasteiger partial charge on any atom is -0.455 e. The van der Waals surface area contributed by atoms with Crippen LogP contribution in [0.5, 0.6) is 0 Å². The third kappa shape index (κ3) is 4.73. The number of aryl methyl sites for hydroxylation is 1. The summed E-state index contributed by atoms with van der Waals surface area (Å²) in [5, 5.41) is 0. The summed E-state index contributed by atoms with van der Waals surface area (Å²) in [6, 6.07) is 23.5. The van der Waals surface area contributed by atoms with E-state index < -0.39 is 28.0 Å². The molecule has 1 heterocycles. The molecule has 1 aliphatic rings. The lowest BCUT2D eigenvalue weighted by atomic mass is 10.1. The summed E-state index contributed by atoms with van der Waals surface area (Å²) in [5.41, 5.74) is 2.23. The highest BCUT2D eigenvalue weighted by Crippen LogP contribution is 2.29. The standard InChI is InChI=1S/C25H23NO5S/c1-18-9-8-14-21(15-18)26(24(27)19-10-4-2-5-11-19)22-16-32(29,30)17-23(22)31-25(28)20-12-6-3-7-13-20/h2-15,22-23H,16-17H2,1H3. The van der Waals surface area contributed by atoms with Crippen LogP contribution < -0.4 is 4.90 Å². The molecule has 2 atom stereocenters. The minimum atomic E-state index is -3.52. The van der Waals surface area contributed by atoms with Crippen LogP contribution in [0.1, 0.15) is 26.3 Å². The minimum absolute atomic E-state index is 0.285. The Hall–Kier alpha value is -3.45. The maximum atomic E-state index is 13.5. The Kier molecular flexibility index (Phi) is 6.10. The van der Waals surface area contributed by atoms with Gasteiger partial charge in [0.05, 0.1) is 23.1 Å². The van der Waals surface area contributed by atoms with Gasteiger partial charge in [0.1, 0.15) is 6.10 Å². The Morgan fingerprint density at radius 1 is 0.844 bits per heavy atom. The molecule has 0 N–H and O–H groups in total. The fourth-order valence-corrected chi connectivity index (χ4v) is 5.70. The van der Waals surface area contributed by atoms with Gasteiger partial charge >= 0.3 is 5.97 Å². The Morgan fingerprint density at radius 3 is 2.09 bits per heavy atom. The first-order chi connectivity index (χ1) is 15.3. The van der Waals surface area contributed by atoms with E-state index in [-0.39, 0.29) is 17.4 Å². The highest BCUT2D eigenvalue weighted by Gasteiger charge is 2.46. The Morgan fingerprint density at radius 2 is 1.47 bits per heavy atom. The van der Waals surface area contributed by atoms with Crippen LogP contribution in [0.2, 0.25) is 0 Å². The summed E-state index contributed by atoms with van der Waals surface area (Å²) < 4.78 is 30.9. The van der Waals surface area contributed by atoms with E-state index in [1.54, 1.807) is 66.7 Å². The second-order valence-electron chi connectivity index (χ2n) is 7.83. The van der Waals surface area contributed by atoms with Crippen molar-refractivity contribution in [2.45, 2.75) is 19.1 Å². The Balaban J connectivity index is 1.73. The van der Waals surface area contributed by atoms with E-state index in [0.717, 1.165) is 5.56 Å². The predicted octanol–water partition coefficient (Wildman–Crippen LogP) is 3.66. The van der Waals surface area contributed by atoms with E-state index in [1.165, 1.54) is 4.90 Å². The molecule has 0 aromatic heterocycles.